The Hall–Kier alpha value is -2.27. The highest BCUT2D eigenvalue weighted by molar-refractivity contribution is 7.98. The second-order valence-electron chi connectivity index (χ2n) is 4.52. The van der Waals surface area contributed by atoms with Crippen LogP contribution in [0.3, 0.4) is 0 Å². The molecule has 4 nitrogen and oxygen atoms in total. The number of amides is 1. The van der Waals surface area contributed by atoms with E-state index in [1.54, 1.807) is 23.9 Å². The molecule has 0 fully saturated rings. The fourth-order valence-electron chi connectivity index (χ4n) is 1.87. The third kappa shape index (κ3) is 3.64. The number of carboxylic acids is 1. The molecule has 0 saturated heterocycles. The summed E-state index contributed by atoms with van der Waals surface area (Å²) < 4.78 is 0. The summed E-state index contributed by atoms with van der Waals surface area (Å²) in [5.74, 6) is -1.19. The number of hydrogen-bond acceptors (Lipinski definition) is 3. The molecule has 0 heterocycles. The number of carbonyl (C=O) groups is 2. The average Bonchev–Trinajstić information content (AvgIpc) is 2.48. The molecule has 2 aromatic carbocycles. The number of thioether (sulfide) groups is 1. The molecule has 0 aliphatic heterocycles. The van der Waals surface area contributed by atoms with Gasteiger partial charge in [0.1, 0.15) is 0 Å². The van der Waals surface area contributed by atoms with Gasteiger partial charge in [-0.05, 0) is 55.1 Å². The Kier molecular flexibility index (Phi) is 4.65. The molecule has 0 aliphatic rings. The molecule has 0 aliphatic carbocycles. The van der Waals surface area contributed by atoms with Crippen LogP contribution in [0.15, 0.2) is 47.4 Å². The maximum atomic E-state index is 12.3. The lowest BCUT2D eigenvalue weighted by Gasteiger charge is -2.09. The average molecular weight is 301 g/mol. The summed E-state index contributed by atoms with van der Waals surface area (Å²) in [6.45, 7) is 1.88. The van der Waals surface area contributed by atoms with Crippen LogP contribution in [-0.2, 0) is 0 Å². The number of rotatable bonds is 4. The van der Waals surface area contributed by atoms with Gasteiger partial charge < -0.3 is 10.4 Å². The number of aryl methyl sites for hydroxylation is 1. The summed E-state index contributed by atoms with van der Waals surface area (Å²) in [6, 6.07) is 11.8. The Labute approximate surface area is 127 Å². The van der Waals surface area contributed by atoms with Gasteiger partial charge in [0.2, 0.25) is 0 Å². The minimum absolute atomic E-state index is 0.188. The van der Waals surface area contributed by atoms with E-state index in [2.05, 4.69) is 5.32 Å². The molecule has 1 amide bonds. The quantitative estimate of drug-likeness (QED) is 0.846. The van der Waals surface area contributed by atoms with Gasteiger partial charge in [-0.15, -0.1) is 11.8 Å². The van der Waals surface area contributed by atoms with Gasteiger partial charge in [0.25, 0.3) is 5.91 Å². The first-order chi connectivity index (χ1) is 10.0. The van der Waals surface area contributed by atoms with E-state index in [9.17, 15) is 9.59 Å². The van der Waals surface area contributed by atoms with E-state index in [4.69, 9.17) is 5.11 Å². The first-order valence-electron chi connectivity index (χ1n) is 6.30. The molecule has 21 heavy (non-hydrogen) atoms. The summed E-state index contributed by atoms with van der Waals surface area (Å²) in [6.07, 6.45) is 1.96. The van der Waals surface area contributed by atoms with E-state index in [1.807, 2.05) is 31.4 Å². The molecule has 0 atom stereocenters. The van der Waals surface area contributed by atoms with Crippen LogP contribution in [0.2, 0.25) is 0 Å². The third-order valence-corrected chi connectivity index (χ3v) is 3.80. The molecule has 2 rings (SSSR count). The van der Waals surface area contributed by atoms with E-state index in [0.29, 0.717) is 11.3 Å². The number of benzene rings is 2. The minimum Gasteiger partial charge on any atom is -0.478 e. The maximum absolute atomic E-state index is 12.3. The van der Waals surface area contributed by atoms with Crippen molar-refractivity contribution in [3.63, 3.8) is 0 Å². The van der Waals surface area contributed by atoms with Gasteiger partial charge in [-0.25, -0.2) is 4.79 Å². The molecular formula is C16H15NO3S. The number of hydrogen-bond donors (Lipinski definition) is 2. The largest absolute Gasteiger partial charge is 0.478 e. The number of carboxylic acid groups (broad SMARTS) is 1. The highest BCUT2D eigenvalue weighted by Gasteiger charge is 2.10. The van der Waals surface area contributed by atoms with E-state index >= 15 is 0 Å². The molecule has 0 radical (unpaired) electrons. The lowest BCUT2D eigenvalue weighted by atomic mass is 10.1. The van der Waals surface area contributed by atoms with E-state index in [1.165, 1.54) is 12.1 Å². The van der Waals surface area contributed by atoms with Crippen LogP contribution in [0.4, 0.5) is 5.69 Å². The van der Waals surface area contributed by atoms with Crippen molar-refractivity contribution in [2.24, 2.45) is 0 Å². The summed E-state index contributed by atoms with van der Waals surface area (Å²) in [4.78, 5) is 24.1. The van der Waals surface area contributed by atoms with Crippen molar-refractivity contribution >= 4 is 29.3 Å². The van der Waals surface area contributed by atoms with E-state index in [-0.39, 0.29) is 11.5 Å². The SMILES string of the molecule is CSc1ccc(C)c(C(=O)Nc2ccc(C(=O)O)cc2)c1. The van der Waals surface area contributed by atoms with Crippen LogP contribution in [0, 0.1) is 6.92 Å². The van der Waals surface area contributed by atoms with Crippen molar-refractivity contribution in [3.05, 3.63) is 59.2 Å². The molecule has 0 spiro atoms. The first-order valence-corrected chi connectivity index (χ1v) is 7.53. The van der Waals surface area contributed by atoms with Gasteiger partial charge >= 0.3 is 5.97 Å². The lowest BCUT2D eigenvalue weighted by Crippen LogP contribution is -2.13. The Bertz CT molecular complexity index is 680. The first kappa shape index (κ1) is 15.1. The molecule has 2 aromatic rings. The van der Waals surface area contributed by atoms with E-state index in [0.717, 1.165) is 10.5 Å². The van der Waals surface area contributed by atoms with Gasteiger partial charge in [-0.1, -0.05) is 6.07 Å². The van der Waals surface area contributed by atoms with Gasteiger partial charge in [0.15, 0.2) is 0 Å². The lowest BCUT2D eigenvalue weighted by molar-refractivity contribution is 0.0696. The highest BCUT2D eigenvalue weighted by Crippen LogP contribution is 2.20. The summed E-state index contributed by atoms with van der Waals surface area (Å²) in [5.41, 5.74) is 2.27. The molecule has 0 aromatic heterocycles. The van der Waals surface area contributed by atoms with Crippen LogP contribution in [0.1, 0.15) is 26.3 Å². The van der Waals surface area contributed by atoms with Gasteiger partial charge in [-0.3, -0.25) is 4.79 Å². The van der Waals surface area contributed by atoms with Gasteiger partial charge in [-0.2, -0.15) is 0 Å². The van der Waals surface area contributed by atoms with Crippen LogP contribution in [0.25, 0.3) is 0 Å². The number of nitrogens with one attached hydrogen (secondary N) is 1. The Morgan fingerprint density at radius 1 is 1.10 bits per heavy atom. The minimum atomic E-state index is -0.989. The molecule has 5 heteroatoms. The summed E-state index contributed by atoms with van der Waals surface area (Å²) in [5, 5.41) is 11.6. The normalized spacial score (nSPS) is 10.2. The fraction of sp³-hybridized carbons (Fsp3) is 0.125. The molecule has 2 N–H and O–H groups in total. The Morgan fingerprint density at radius 2 is 1.76 bits per heavy atom. The zero-order valence-corrected chi connectivity index (χ0v) is 12.5. The topological polar surface area (TPSA) is 66.4 Å². The fourth-order valence-corrected chi connectivity index (χ4v) is 2.31. The molecule has 108 valence electrons. The van der Waals surface area contributed by atoms with Crippen molar-refractivity contribution in [2.45, 2.75) is 11.8 Å². The monoisotopic (exact) mass is 301 g/mol. The van der Waals surface area contributed by atoms with Crippen molar-refractivity contribution in [1.29, 1.82) is 0 Å². The molecule has 0 bridgehead atoms. The second kappa shape index (κ2) is 6.45. The van der Waals surface area contributed by atoms with Crippen molar-refractivity contribution in [1.82, 2.24) is 0 Å². The van der Waals surface area contributed by atoms with Crippen molar-refractivity contribution in [2.75, 3.05) is 11.6 Å². The molecular weight excluding hydrogens is 286 g/mol. The second-order valence-corrected chi connectivity index (χ2v) is 5.40. The summed E-state index contributed by atoms with van der Waals surface area (Å²) in [7, 11) is 0. The predicted octanol–water partition coefficient (Wildman–Crippen LogP) is 3.67. The molecule has 0 unspecified atom stereocenters. The van der Waals surface area contributed by atoms with Gasteiger partial charge in [0.05, 0.1) is 5.56 Å². The van der Waals surface area contributed by atoms with Crippen LogP contribution < -0.4 is 5.32 Å². The number of anilines is 1. The standard InChI is InChI=1S/C16H15NO3S/c1-10-3-8-13(21-2)9-14(10)15(18)17-12-6-4-11(5-7-12)16(19)20/h3-9H,1-2H3,(H,17,18)(H,19,20). The van der Waals surface area contributed by atoms with Crippen LogP contribution in [0.5, 0.6) is 0 Å². The van der Waals surface area contributed by atoms with Crippen LogP contribution >= 0.6 is 11.8 Å². The predicted molar refractivity (Wildman–Crippen MR) is 84.3 cm³/mol. The van der Waals surface area contributed by atoms with E-state index < -0.39 is 5.97 Å². The molecule has 0 saturated carbocycles. The maximum Gasteiger partial charge on any atom is 0.335 e. The third-order valence-electron chi connectivity index (χ3n) is 3.08. The smallest absolute Gasteiger partial charge is 0.335 e. The van der Waals surface area contributed by atoms with Crippen molar-refractivity contribution in [3.8, 4) is 0 Å². The van der Waals surface area contributed by atoms with Crippen molar-refractivity contribution < 1.29 is 14.7 Å². The highest BCUT2D eigenvalue weighted by atomic mass is 32.2. The Balaban J connectivity index is 2.19. The zero-order valence-electron chi connectivity index (χ0n) is 11.7. The summed E-state index contributed by atoms with van der Waals surface area (Å²) >= 11 is 1.58. The number of carbonyl (C=O) groups excluding carboxylic acids is 1. The van der Waals surface area contributed by atoms with Crippen LogP contribution in [-0.4, -0.2) is 23.2 Å². The Morgan fingerprint density at radius 3 is 2.33 bits per heavy atom. The zero-order chi connectivity index (χ0) is 15.4. The number of aromatic carboxylic acids is 1. The van der Waals surface area contributed by atoms with Gasteiger partial charge in [0, 0.05) is 16.1 Å².